The lowest BCUT2D eigenvalue weighted by Gasteiger charge is -2.38. The number of fused-ring (bicyclic) bond motifs is 2. The molecule has 6 aromatic rings. The number of aromatic nitrogens is 4. The van der Waals surface area contributed by atoms with E-state index in [2.05, 4.69) is 11.0 Å². The van der Waals surface area contributed by atoms with Crippen LogP contribution in [0.3, 0.4) is 0 Å². The molecule has 0 amide bonds. The van der Waals surface area contributed by atoms with E-state index in [4.69, 9.17) is 36.4 Å². The van der Waals surface area contributed by atoms with Crippen LogP contribution < -0.4 is 26.7 Å². The molecule has 12 heteroatoms. The number of aliphatic carboxylic acids is 1. The first-order valence-electron chi connectivity index (χ1n) is 17.5. The Morgan fingerprint density at radius 2 is 1.57 bits per heavy atom. The second-order valence-corrected chi connectivity index (χ2v) is 13.6. The van der Waals surface area contributed by atoms with E-state index in [9.17, 15) is 4.79 Å². The average Bonchev–Trinajstić information content (AvgIpc) is 3.79. The van der Waals surface area contributed by atoms with Crippen molar-refractivity contribution in [3.8, 4) is 34.3 Å². The zero-order valence-electron chi connectivity index (χ0n) is 29.9. The Bertz CT molecular complexity index is 2070. The molecule has 0 aliphatic carbocycles. The van der Waals surface area contributed by atoms with Crippen LogP contribution in [0.15, 0.2) is 127 Å². The van der Waals surface area contributed by atoms with E-state index in [0.717, 1.165) is 65.5 Å². The van der Waals surface area contributed by atoms with Crippen molar-refractivity contribution < 1.29 is 36.6 Å². The molecule has 3 heterocycles. The molecule has 0 saturated carbocycles. The maximum atomic E-state index is 10.8. The van der Waals surface area contributed by atoms with Crippen LogP contribution in [-0.4, -0.2) is 57.2 Å². The Morgan fingerprint density at radius 3 is 2.26 bits per heavy atom. The Balaban J connectivity index is 0.000000205. The molecule has 1 fully saturated rings. The summed E-state index contributed by atoms with van der Waals surface area (Å²) in [7, 11) is 0. The number of hydrogen-bond acceptors (Lipinski definition) is 6. The van der Waals surface area contributed by atoms with Crippen molar-refractivity contribution in [1.29, 1.82) is 0 Å². The lowest BCUT2D eigenvalue weighted by atomic mass is 9.74. The first-order valence-corrected chi connectivity index (χ1v) is 17.9. The molecule has 5 aromatic carbocycles. The van der Waals surface area contributed by atoms with Crippen LogP contribution in [0.25, 0.3) is 22.8 Å². The summed E-state index contributed by atoms with van der Waals surface area (Å²) in [6, 6.07) is 42.1. The number of piperidine rings is 1. The van der Waals surface area contributed by atoms with Crippen LogP contribution in [0.2, 0.25) is 5.02 Å². The maximum absolute atomic E-state index is 10.8. The monoisotopic (exact) mass is 785 g/mol. The van der Waals surface area contributed by atoms with Crippen molar-refractivity contribution in [2.75, 3.05) is 26.2 Å². The molecule has 0 radical (unpaired) electrons. The maximum Gasteiger partial charge on any atom is 0.340 e. The molecular formula is C42H42Cl3N5O4. The van der Waals surface area contributed by atoms with Crippen molar-refractivity contribution in [2.24, 2.45) is 0 Å². The predicted octanol–water partition coefficient (Wildman–Crippen LogP) is 5.06. The second-order valence-electron chi connectivity index (χ2n) is 13.2. The average molecular weight is 787 g/mol. The summed E-state index contributed by atoms with van der Waals surface area (Å²) in [6.07, 6.45) is 2.17. The number of carboxylic acids is 1. The molecule has 1 spiro atoms. The lowest BCUT2D eigenvalue weighted by molar-refractivity contribution is -0.734. The summed E-state index contributed by atoms with van der Waals surface area (Å²) in [5.41, 5.74) is 6.33. The van der Waals surface area contributed by atoms with E-state index in [1.54, 1.807) is 0 Å². The number of halogens is 3. The van der Waals surface area contributed by atoms with Gasteiger partial charge in [0.1, 0.15) is 23.8 Å². The van der Waals surface area contributed by atoms with Gasteiger partial charge in [-0.1, -0.05) is 90.0 Å². The molecule has 1 N–H and O–H groups in total. The summed E-state index contributed by atoms with van der Waals surface area (Å²) in [5.74, 6) is 1.63. The number of nitrogens with zero attached hydrogens (tertiary/aromatic N) is 5. The first-order chi connectivity index (χ1) is 25.4. The van der Waals surface area contributed by atoms with Crippen LogP contribution in [0, 0.1) is 6.92 Å². The van der Waals surface area contributed by atoms with Gasteiger partial charge in [0, 0.05) is 39.0 Å². The van der Waals surface area contributed by atoms with Crippen LogP contribution in [0.1, 0.15) is 36.0 Å². The number of tetrazole rings is 1. The number of rotatable bonds is 9. The van der Waals surface area contributed by atoms with Crippen LogP contribution in [-0.2, 0) is 16.8 Å². The molecule has 2 aliphatic heterocycles. The van der Waals surface area contributed by atoms with Gasteiger partial charge in [0.25, 0.3) is 0 Å². The highest BCUT2D eigenvalue weighted by atomic mass is 35.5. The van der Waals surface area contributed by atoms with Crippen LogP contribution in [0.5, 0.6) is 11.5 Å². The number of hydrogen-bond donors (Lipinski definition) is 1. The summed E-state index contributed by atoms with van der Waals surface area (Å²) < 4.78 is 12.0. The fraction of sp³-hybridized carbons (Fsp3) is 0.238. The van der Waals surface area contributed by atoms with E-state index in [1.807, 2.05) is 138 Å². The van der Waals surface area contributed by atoms with E-state index in [-0.39, 0.29) is 36.6 Å². The largest absolute Gasteiger partial charge is 1.00 e. The van der Waals surface area contributed by atoms with E-state index < -0.39 is 5.97 Å². The van der Waals surface area contributed by atoms with Gasteiger partial charge in [0.2, 0.25) is 0 Å². The molecule has 0 atom stereocenters. The zero-order valence-corrected chi connectivity index (χ0v) is 32.2. The highest BCUT2D eigenvalue weighted by Crippen LogP contribution is 2.46. The van der Waals surface area contributed by atoms with Gasteiger partial charge in [0.05, 0.1) is 23.7 Å². The van der Waals surface area contributed by atoms with E-state index in [1.165, 1.54) is 5.56 Å². The fourth-order valence-corrected chi connectivity index (χ4v) is 6.91. The Labute approximate surface area is 332 Å². The number of carboxylic acid groups (broad SMARTS) is 1. The number of benzene rings is 5. The Morgan fingerprint density at radius 1 is 0.907 bits per heavy atom. The minimum absolute atomic E-state index is 0. The van der Waals surface area contributed by atoms with Gasteiger partial charge >= 0.3 is 11.8 Å². The minimum Gasteiger partial charge on any atom is -1.00 e. The fourth-order valence-electron chi connectivity index (χ4n) is 6.73. The third-order valence-electron chi connectivity index (χ3n) is 9.64. The van der Waals surface area contributed by atoms with Gasteiger partial charge in [-0.25, -0.2) is 0 Å². The van der Waals surface area contributed by atoms with Gasteiger partial charge in [-0.05, 0) is 91.3 Å². The first kappa shape index (κ1) is 40.3. The minimum atomic E-state index is -0.737. The number of para-hydroxylation sites is 2. The third-order valence-corrected chi connectivity index (χ3v) is 10.0. The number of likely N-dealkylation sites (tertiary alicyclic amines) is 1. The predicted molar refractivity (Wildman–Crippen MR) is 208 cm³/mol. The lowest BCUT2D eigenvalue weighted by Crippen LogP contribution is -3.00. The quantitative estimate of drug-likeness (QED) is 0.205. The number of carbonyl (C=O) groups is 1. The summed E-state index contributed by atoms with van der Waals surface area (Å²) in [4.78, 5) is 16.7. The van der Waals surface area contributed by atoms with Crippen molar-refractivity contribution in [3.05, 3.63) is 149 Å². The van der Waals surface area contributed by atoms with Gasteiger partial charge in [0.15, 0.2) is 5.69 Å². The normalized spacial score (nSPS) is 14.0. The highest BCUT2D eigenvalue weighted by Gasteiger charge is 2.43. The van der Waals surface area contributed by atoms with E-state index >= 15 is 0 Å². The van der Waals surface area contributed by atoms with E-state index in [0.29, 0.717) is 30.6 Å². The van der Waals surface area contributed by atoms with Crippen molar-refractivity contribution >= 4 is 30.0 Å². The van der Waals surface area contributed by atoms with Gasteiger partial charge in [-0.15, -0.1) is 12.4 Å². The summed E-state index contributed by atoms with van der Waals surface area (Å²) in [5, 5.41) is 19.0. The SMILES string of the molecule is Cc1ccc(Cl)c(COc2ccc3c(c2)OCC32CCN(CCC(=O)O)CC2)c1.Cl.[Cl-].c1ccc(-c2nn(-c3ccccc3)[n+](-c3ccccc3)n2)cc1. The van der Waals surface area contributed by atoms with Crippen LogP contribution >= 0.6 is 24.0 Å². The molecular weight excluding hydrogens is 745 g/mol. The molecule has 2 aliphatic rings. The van der Waals surface area contributed by atoms with Crippen molar-refractivity contribution in [1.82, 2.24) is 19.9 Å². The zero-order chi connectivity index (χ0) is 35.9. The summed E-state index contributed by atoms with van der Waals surface area (Å²) in [6.45, 7) is 5.56. The molecule has 0 bridgehead atoms. The molecule has 0 unspecified atom stereocenters. The third kappa shape index (κ3) is 9.40. The molecule has 280 valence electrons. The molecule has 1 aromatic heterocycles. The molecule has 54 heavy (non-hydrogen) atoms. The second kappa shape index (κ2) is 18.4. The molecule has 1 saturated heterocycles. The number of ether oxygens (including phenoxy) is 2. The van der Waals surface area contributed by atoms with Gasteiger partial charge < -0.3 is 31.9 Å². The molecule has 9 nitrogen and oxygen atoms in total. The smallest absolute Gasteiger partial charge is 0.340 e. The number of aryl methyl sites for hydroxylation is 1. The Kier molecular flexibility index (Phi) is 13.7. The summed E-state index contributed by atoms with van der Waals surface area (Å²) >= 11 is 6.26. The topological polar surface area (TPSA) is 93.6 Å². The van der Waals surface area contributed by atoms with Crippen molar-refractivity contribution in [2.45, 2.75) is 38.2 Å². The van der Waals surface area contributed by atoms with Gasteiger partial charge in [-0.3, -0.25) is 4.79 Å². The highest BCUT2D eigenvalue weighted by molar-refractivity contribution is 6.31. The van der Waals surface area contributed by atoms with Crippen molar-refractivity contribution in [3.63, 3.8) is 0 Å². The Hall–Kier alpha value is -4.93. The van der Waals surface area contributed by atoms with Gasteiger partial charge in [-0.2, -0.15) is 0 Å². The molecule has 8 rings (SSSR count). The standard InChI is InChI=1S/C23H26ClNO4.C19H15N4.2ClH/c1-16-2-5-20(24)17(12-16)14-28-18-3-4-19-21(13-18)29-15-23(19)7-10-25(11-8-23)9-6-22(26)27;1-4-10-16(11-5-1)19-20-22(17-12-6-2-7-13-17)23(21-19)18-14-8-3-9-15-18;;/h2-5,12-13H,6-11,14-15H2,1H3,(H,26,27);1-15H;2*1H/q;+1;;/p-1. The van der Waals surface area contributed by atoms with Crippen LogP contribution in [0.4, 0.5) is 0 Å².